The summed E-state index contributed by atoms with van der Waals surface area (Å²) in [5, 5.41) is 3.50. The van der Waals surface area contributed by atoms with E-state index >= 15 is 8.78 Å². The third kappa shape index (κ3) is 8.25. The first kappa shape index (κ1) is 44.5. The summed E-state index contributed by atoms with van der Waals surface area (Å²) in [5.41, 5.74) is -2.29. The van der Waals surface area contributed by atoms with Crippen LogP contribution >= 0.6 is 0 Å². The zero-order valence-corrected chi connectivity index (χ0v) is 36.1. The Morgan fingerprint density at radius 1 is 0.721 bits per heavy atom. The highest BCUT2D eigenvalue weighted by atomic mass is 19.2. The Kier molecular flexibility index (Phi) is 12.2. The molecule has 0 bridgehead atoms. The largest absolute Gasteiger partial charge is 0.497 e. The Morgan fingerprint density at radius 3 is 1.75 bits per heavy atom. The fourth-order valence-electron chi connectivity index (χ4n) is 8.23. The zero-order chi connectivity index (χ0) is 47.3. The van der Waals surface area contributed by atoms with Crippen LogP contribution in [0.25, 0.3) is 11.2 Å². The van der Waals surface area contributed by atoms with Crippen LogP contribution in [0.5, 0.6) is 5.75 Å². The third-order valence-electron chi connectivity index (χ3n) is 11.5. The van der Waals surface area contributed by atoms with Gasteiger partial charge in [0.1, 0.15) is 11.3 Å². The molecule has 3 heterocycles. The number of ether oxygens (including phenoxy) is 5. The van der Waals surface area contributed by atoms with Crippen molar-refractivity contribution in [2.45, 2.75) is 29.3 Å². The molecule has 9 rings (SSSR count). The maximum absolute atomic E-state index is 18.3. The van der Waals surface area contributed by atoms with Gasteiger partial charge in [-0.2, -0.15) is 14.4 Å². The minimum absolute atomic E-state index is 0.0204. The van der Waals surface area contributed by atoms with Crippen LogP contribution in [0.2, 0.25) is 0 Å². The molecule has 6 aromatic carbocycles. The lowest BCUT2D eigenvalue weighted by molar-refractivity contribution is -0.207. The molecule has 1 aliphatic rings. The molecule has 1 N–H and O–H groups in total. The molecule has 0 aliphatic carbocycles. The number of alkyl halides is 1. The maximum Gasteiger partial charge on any atom is 0.339 e. The van der Waals surface area contributed by atoms with Crippen LogP contribution in [-0.4, -0.2) is 68.7 Å². The van der Waals surface area contributed by atoms with Gasteiger partial charge in [0.15, 0.2) is 29.8 Å². The maximum atomic E-state index is 18.3. The zero-order valence-electron chi connectivity index (χ0n) is 36.1. The number of nitrogens with one attached hydrogen (secondary N) is 1. The number of rotatable bonds is 14. The molecule has 0 unspecified atom stereocenters. The van der Waals surface area contributed by atoms with E-state index in [1.807, 2.05) is 72.8 Å². The number of terminal acetylenes is 1. The van der Waals surface area contributed by atoms with Crippen LogP contribution < -0.4 is 10.1 Å². The Morgan fingerprint density at radius 2 is 1.22 bits per heavy atom. The molecule has 8 aromatic rings. The quantitative estimate of drug-likeness (QED) is 0.0365. The number of aromatic nitrogens is 4. The van der Waals surface area contributed by atoms with Crippen LogP contribution in [0.4, 0.5) is 14.6 Å². The summed E-state index contributed by atoms with van der Waals surface area (Å²) in [6.07, 6.45) is 1.78. The highest BCUT2D eigenvalue weighted by Crippen LogP contribution is 2.51. The van der Waals surface area contributed by atoms with Crippen molar-refractivity contribution in [3.8, 4) is 18.1 Å². The predicted octanol–water partition coefficient (Wildman–Crippen LogP) is 8.88. The van der Waals surface area contributed by atoms with Gasteiger partial charge in [-0.25, -0.2) is 23.8 Å². The number of carbonyl (C=O) groups excluding carboxylic acids is 3. The van der Waals surface area contributed by atoms with Crippen LogP contribution in [0, 0.1) is 18.4 Å². The predicted molar refractivity (Wildman–Crippen MR) is 244 cm³/mol. The SMILES string of the molecule is C#C[C@]1(OC(=O)c2ccccc2)[C@H](n2cnc3c(NC(c4ccccc4)(c4ccccc4)c4ccc(OC)cc4)nc(F)nc32)O[C@](F)(COC(=O)c2ccccc2)[C@H]1OC(=O)c1ccccc1. The van der Waals surface area contributed by atoms with E-state index in [1.165, 1.54) is 36.4 Å². The van der Waals surface area contributed by atoms with Crippen molar-refractivity contribution in [3.05, 3.63) is 222 Å². The molecule has 1 aliphatic heterocycles. The van der Waals surface area contributed by atoms with E-state index in [2.05, 4.69) is 26.2 Å². The average Bonchev–Trinajstić information content (AvgIpc) is 3.91. The second kappa shape index (κ2) is 18.6. The first-order valence-electron chi connectivity index (χ1n) is 21.1. The molecular weight excluding hydrogens is 873 g/mol. The lowest BCUT2D eigenvalue weighted by atomic mass is 9.77. The summed E-state index contributed by atoms with van der Waals surface area (Å²) < 4.78 is 64.8. The summed E-state index contributed by atoms with van der Waals surface area (Å²) in [6.45, 7) is -1.24. The number of esters is 3. The summed E-state index contributed by atoms with van der Waals surface area (Å²) in [7, 11) is 1.55. The summed E-state index contributed by atoms with van der Waals surface area (Å²) in [5.74, 6) is -3.68. The molecule has 13 nitrogen and oxygen atoms in total. The highest BCUT2D eigenvalue weighted by molar-refractivity contribution is 5.92. The van der Waals surface area contributed by atoms with Crippen LogP contribution in [0.15, 0.2) is 182 Å². The first-order valence-corrected chi connectivity index (χ1v) is 21.1. The first-order chi connectivity index (χ1) is 33.1. The van der Waals surface area contributed by atoms with Crippen molar-refractivity contribution in [1.29, 1.82) is 0 Å². The number of fused-ring (bicyclic) bond motifs is 1. The normalized spacial score (nSPS) is 18.8. The number of anilines is 1. The van der Waals surface area contributed by atoms with Gasteiger partial charge in [0.2, 0.25) is 6.10 Å². The number of hydrogen-bond acceptors (Lipinski definition) is 12. The Labute approximate surface area is 388 Å². The van der Waals surface area contributed by atoms with Crippen molar-refractivity contribution in [1.82, 2.24) is 19.5 Å². The number of imidazole rings is 1. The number of nitrogens with zero attached hydrogens (tertiary/aromatic N) is 4. The van der Waals surface area contributed by atoms with Gasteiger partial charge >= 0.3 is 24.0 Å². The molecular formula is C53H39F2N5O8. The lowest BCUT2D eigenvalue weighted by Crippen LogP contribution is -2.55. The summed E-state index contributed by atoms with van der Waals surface area (Å²) in [4.78, 5) is 54.4. The van der Waals surface area contributed by atoms with E-state index in [-0.39, 0.29) is 33.7 Å². The van der Waals surface area contributed by atoms with Gasteiger partial charge in [-0.1, -0.05) is 127 Å². The van der Waals surface area contributed by atoms with Crippen LogP contribution in [0.3, 0.4) is 0 Å². The highest BCUT2D eigenvalue weighted by Gasteiger charge is 2.71. The molecule has 0 amide bonds. The fraction of sp³-hybridized carbons (Fsp3) is 0.132. The summed E-state index contributed by atoms with van der Waals surface area (Å²) in [6, 6.07) is 49.0. The Balaban J connectivity index is 1.22. The van der Waals surface area contributed by atoms with Crippen molar-refractivity contribution in [3.63, 3.8) is 0 Å². The molecule has 0 radical (unpaired) electrons. The number of hydrogen-bond donors (Lipinski definition) is 1. The van der Waals surface area contributed by atoms with E-state index in [0.717, 1.165) is 22.0 Å². The second-order valence-corrected chi connectivity index (χ2v) is 15.5. The molecule has 338 valence electrons. The van der Waals surface area contributed by atoms with Gasteiger partial charge in [-0.05, 0) is 71.1 Å². The standard InChI is InChI=1S/C53H39F2N5O8/c1-3-51(67-47(63)37-23-13-6-14-24-37)48(66-46(62)36-21-11-5-12-22-36)52(55,33-65-45(61)35-19-9-4-10-20-35)68-49(51)60-34-56-42-43(57-50(54)58-44(42)60)59-53(38-25-15-7-16-26-38,39-27-17-8-18-28-39)40-29-31-41(64-2)32-30-40/h1,4-32,34,48-49H,33H2,2H3,(H,57,58,59)/t48-,49+,51+,52+/m0/s1. The van der Waals surface area contributed by atoms with Gasteiger partial charge in [-0.15, -0.1) is 6.42 Å². The molecule has 2 aromatic heterocycles. The molecule has 1 fully saturated rings. The van der Waals surface area contributed by atoms with Gasteiger partial charge in [0, 0.05) is 0 Å². The van der Waals surface area contributed by atoms with Crippen molar-refractivity contribution in [2.75, 3.05) is 19.0 Å². The van der Waals surface area contributed by atoms with E-state index in [4.69, 9.17) is 30.1 Å². The average molecular weight is 912 g/mol. The Hall–Kier alpha value is -8.74. The van der Waals surface area contributed by atoms with Gasteiger partial charge in [0.05, 0.1) is 30.1 Å². The lowest BCUT2D eigenvalue weighted by Gasteiger charge is -2.37. The second-order valence-electron chi connectivity index (χ2n) is 15.5. The van der Waals surface area contributed by atoms with Gasteiger partial charge in [0.25, 0.3) is 11.5 Å². The summed E-state index contributed by atoms with van der Waals surface area (Å²) >= 11 is 0. The molecule has 1 saturated heterocycles. The topological polar surface area (TPSA) is 153 Å². The fourth-order valence-corrected chi connectivity index (χ4v) is 8.23. The van der Waals surface area contributed by atoms with Crippen LogP contribution in [0.1, 0.15) is 54.0 Å². The molecule has 15 heteroatoms. The smallest absolute Gasteiger partial charge is 0.339 e. The third-order valence-corrected chi connectivity index (χ3v) is 11.5. The minimum Gasteiger partial charge on any atom is -0.497 e. The molecule has 4 atom stereocenters. The number of methoxy groups -OCH3 is 1. The van der Waals surface area contributed by atoms with E-state index in [0.29, 0.717) is 11.3 Å². The van der Waals surface area contributed by atoms with Crippen molar-refractivity contribution in [2.24, 2.45) is 0 Å². The van der Waals surface area contributed by atoms with Crippen LogP contribution in [-0.2, 0) is 24.5 Å². The Bertz CT molecular complexity index is 3080. The number of halogens is 2. The van der Waals surface area contributed by atoms with E-state index < -0.39 is 59.9 Å². The molecule has 68 heavy (non-hydrogen) atoms. The molecule has 0 saturated carbocycles. The van der Waals surface area contributed by atoms with E-state index in [9.17, 15) is 14.4 Å². The van der Waals surface area contributed by atoms with Gasteiger partial charge in [-0.3, -0.25) is 4.57 Å². The number of carbonyl (C=O) groups is 3. The van der Waals surface area contributed by atoms with Gasteiger partial charge < -0.3 is 29.0 Å². The molecule has 0 spiro atoms. The monoisotopic (exact) mass is 911 g/mol. The minimum atomic E-state index is -3.36. The van der Waals surface area contributed by atoms with Crippen molar-refractivity contribution >= 4 is 34.9 Å². The van der Waals surface area contributed by atoms with E-state index in [1.54, 1.807) is 73.8 Å². The van der Waals surface area contributed by atoms with Crippen molar-refractivity contribution < 1.29 is 46.8 Å². The number of benzene rings is 6.